The lowest BCUT2D eigenvalue weighted by molar-refractivity contribution is -0.143. The van der Waals surface area contributed by atoms with Gasteiger partial charge in [-0.25, -0.2) is 9.48 Å². The van der Waals surface area contributed by atoms with E-state index in [0.29, 0.717) is 43.2 Å². The first-order chi connectivity index (χ1) is 15.7. The van der Waals surface area contributed by atoms with E-state index in [1.54, 1.807) is 16.8 Å². The molecule has 172 valence electrons. The van der Waals surface area contributed by atoms with Gasteiger partial charge in [0.15, 0.2) is 0 Å². The molecule has 2 heterocycles. The molecular weight excluding hydrogens is 503 g/mol. The molecule has 0 saturated heterocycles. The van der Waals surface area contributed by atoms with E-state index in [0.717, 1.165) is 11.1 Å². The fourth-order valence-electron chi connectivity index (χ4n) is 3.48. The Morgan fingerprint density at radius 1 is 1.15 bits per heavy atom. The second-order valence-corrected chi connectivity index (χ2v) is 9.90. The van der Waals surface area contributed by atoms with Crippen molar-refractivity contribution in [1.29, 1.82) is 0 Å². The van der Waals surface area contributed by atoms with Crippen molar-refractivity contribution in [1.82, 2.24) is 14.8 Å². The maximum Gasteiger partial charge on any atom is 0.338 e. The molecule has 0 aliphatic carbocycles. The van der Waals surface area contributed by atoms with Crippen molar-refractivity contribution in [3.05, 3.63) is 79.9 Å². The number of carbonyl (C=O) groups excluding carboxylic acids is 1. The van der Waals surface area contributed by atoms with E-state index in [-0.39, 0.29) is 6.10 Å². The molecule has 1 atom stereocenters. The molecule has 1 aliphatic rings. The van der Waals surface area contributed by atoms with Crippen molar-refractivity contribution in [3.63, 3.8) is 0 Å². The molecule has 0 saturated carbocycles. The minimum Gasteiger partial charge on any atom is -0.459 e. The maximum atomic E-state index is 13.1. The third-order valence-electron chi connectivity index (χ3n) is 4.97. The van der Waals surface area contributed by atoms with E-state index in [4.69, 9.17) is 44.6 Å². The summed E-state index contributed by atoms with van der Waals surface area (Å²) in [5.74, 6) is 0.693. The Hall–Kier alpha value is -2.19. The van der Waals surface area contributed by atoms with Crippen LogP contribution >= 0.6 is 46.6 Å². The first kappa shape index (κ1) is 24.0. The molecule has 3 aromatic rings. The summed E-state index contributed by atoms with van der Waals surface area (Å²) in [6.45, 7) is 5.43. The summed E-state index contributed by atoms with van der Waals surface area (Å²) < 4.78 is 7.21. The molecule has 2 aromatic carbocycles. The Balaban J connectivity index is 1.73. The number of fused-ring (bicyclic) bond motifs is 1. The van der Waals surface area contributed by atoms with Crippen LogP contribution < -0.4 is 5.32 Å². The van der Waals surface area contributed by atoms with Gasteiger partial charge in [-0.15, -0.1) is 5.10 Å². The van der Waals surface area contributed by atoms with Crippen molar-refractivity contribution in [3.8, 4) is 0 Å². The molecule has 1 N–H and O–H groups in total. The molecule has 1 unspecified atom stereocenters. The maximum absolute atomic E-state index is 13.1. The Bertz CT molecular complexity index is 1240. The zero-order valence-corrected chi connectivity index (χ0v) is 21.2. The van der Waals surface area contributed by atoms with Crippen molar-refractivity contribution >= 4 is 58.5 Å². The van der Waals surface area contributed by atoms with Gasteiger partial charge in [0.25, 0.3) is 0 Å². The highest BCUT2D eigenvalue weighted by Gasteiger charge is 2.35. The highest BCUT2D eigenvalue weighted by atomic mass is 35.5. The number of nitrogens with one attached hydrogen (secondary N) is 1. The third-order valence-corrected chi connectivity index (χ3v) is 6.96. The highest BCUT2D eigenvalue weighted by Crippen LogP contribution is 2.39. The van der Waals surface area contributed by atoms with Crippen molar-refractivity contribution in [2.45, 2.75) is 43.8 Å². The van der Waals surface area contributed by atoms with Crippen LogP contribution in [0.3, 0.4) is 0 Å². The summed E-state index contributed by atoms with van der Waals surface area (Å²) in [6.07, 6.45) is -0.272. The normalized spacial score (nSPS) is 15.4. The van der Waals surface area contributed by atoms with Gasteiger partial charge in [-0.1, -0.05) is 70.8 Å². The summed E-state index contributed by atoms with van der Waals surface area (Å²) >= 11 is 20.2. The number of carbonyl (C=O) groups is 1. The lowest BCUT2D eigenvalue weighted by Gasteiger charge is -2.28. The Morgan fingerprint density at radius 2 is 1.91 bits per heavy atom. The van der Waals surface area contributed by atoms with Crippen LogP contribution in [0.15, 0.2) is 58.9 Å². The molecule has 4 rings (SSSR count). The van der Waals surface area contributed by atoms with Gasteiger partial charge in [0, 0.05) is 16.5 Å². The number of esters is 1. The summed E-state index contributed by atoms with van der Waals surface area (Å²) in [4.78, 5) is 17.7. The standard InChI is InChI=1S/C23H21Cl3N4O2S/c1-12(2)32-21(31)19-13(3)27-22-28-23(33-11-15-6-4-5-7-16(15)24)29-30(22)20(19)14-8-9-17(25)18(26)10-14/h4-10,12,20H,11H2,1-3H3,(H,27,28,29). The molecule has 6 nitrogen and oxygen atoms in total. The van der Waals surface area contributed by atoms with Gasteiger partial charge in [-0.05, 0) is 50.1 Å². The van der Waals surface area contributed by atoms with E-state index in [1.807, 2.05) is 51.1 Å². The van der Waals surface area contributed by atoms with Crippen LogP contribution in [0, 0.1) is 0 Å². The topological polar surface area (TPSA) is 69.0 Å². The highest BCUT2D eigenvalue weighted by molar-refractivity contribution is 7.98. The van der Waals surface area contributed by atoms with Crippen molar-refractivity contribution < 1.29 is 9.53 Å². The fourth-order valence-corrected chi connectivity index (χ4v) is 4.90. The lowest BCUT2D eigenvalue weighted by atomic mass is 9.96. The monoisotopic (exact) mass is 522 g/mol. The van der Waals surface area contributed by atoms with Crippen LogP contribution in [0.5, 0.6) is 0 Å². The number of hydrogen-bond donors (Lipinski definition) is 1. The van der Waals surface area contributed by atoms with Gasteiger partial charge in [0.2, 0.25) is 11.1 Å². The lowest BCUT2D eigenvalue weighted by Crippen LogP contribution is -2.30. The zero-order chi connectivity index (χ0) is 23.7. The van der Waals surface area contributed by atoms with Crippen LogP contribution in [0.25, 0.3) is 0 Å². The molecule has 0 amide bonds. The summed E-state index contributed by atoms with van der Waals surface area (Å²) in [5.41, 5.74) is 2.80. The summed E-state index contributed by atoms with van der Waals surface area (Å²) in [7, 11) is 0. The largest absolute Gasteiger partial charge is 0.459 e. The Kier molecular flexibility index (Phi) is 7.24. The molecule has 1 aliphatic heterocycles. The number of nitrogens with zero attached hydrogens (tertiary/aromatic N) is 3. The Labute approximate surface area is 211 Å². The van der Waals surface area contributed by atoms with Crippen molar-refractivity contribution in [2.24, 2.45) is 0 Å². The average Bonchev–Trinajstić information content (AvgIpc) is 3.16. The number of halogens is 3. The fraction of sp³-hybridized carbons (Fsp3) is 0.261. The van der Waals surface area contributed by atoms with Gasteiger partial charge in [0.1, 0.15) is 6.04 Å². The van der Waals surface area contributed by atoms with E-state index >= 15 is 0 Å². The molecule has 0 fully saturated rings. The second kappa shape index (κ2) is 9.97. The summed E-state index contributed by atoms with van der Waals surface area (Å²) in [6, 6.07) is 12.3. The minimum atomic E-state index is -0.579. The molecule has 0 bridgehead atoms. The molecule has 10 heteroatoms. The number of ether oxygens (including phenoxy) is 1. The number of thioether (sulfide) groups is 1. The number of anilines is 1. The van der Waals surface area contributed by atoms with Crippen LogP contribution in [-0.4, -0.2) is 26.8 Å². The third kappa shape index (κ3) is 5.17. The van der Waals surface area contributed by atoms with Crippen LogP contribution in [0.4, 0.5) is 5.95 Å². The van der Waals surface area contributed by atoms with Crippen LogP contribution in [0.1, 0.15) is 37.9 Å². The number of rotatable bonds is 6. The molecule has 1 aromatic heterocycles. The number of benzene rings is 2. The van der Waals surface area contributed by atoms with Gasteiger partial charge < -0.3 is 10.1 Å². The smallest absolute Gasteiger partial charge is 0.338 e. The van der Waals surface area contributed by atoms with E-state index in [9.17, 15) is 4.79 Å². The Morgan fingerprint density at radius 3 is 2.61 bits per heavy atom. The minimum absolute atomic E-state index is 0.272. The van der Waals surface area contributed by atoms with Gasteiger partial charge in [-0.3, -0.25) is 0 Å². The zero-order valence-electron chi connectivity index (χ0n) is 18.1. The average molecular weight is 524 g/mol. The summed E-state index contributed by atoms with van der Waals surface area (Å²) in [5, 5.41) is 9.94. The molecule has 0 spiro atoms. The first-order valence-electron chi connectivity index (χ1n) is 10.2. The molecular formula is C23H21Cl3N4O2S. The first-order valence-corrected chi connectivity index (χ1v) is 12.3. The molecule has 0 radical (unpaired) electrons. The van der Waals surface area contributed by atoms with Gasteiger partial charge >= 0.3 is 5.97 Å². The number of allylic oxidation sites excluding steroid dienone is 1. The second-order valence-electron chi connectivity index (χ2n) is 7.74. The van der Waals surface area contributed by atoms with E-state index < -0.39 is 12.0 Å². The van der Waals surface area contributed by atoms with Crippen LogP contribution in [0.2, 0.25) is 15.1 Å². The van der Waals surface area contributed by atoms with Gasteiger partial charge in [-0.2, -0.15) is 4.98 Å². The van der Waals surface area contributed by atoms with Gasteiger partial charge in [0.05, 0.1) is 21.7 Å². The number of aromatic nitrogens is 3. The van der Waals surface area contributed by atoms with E-state index in [1.165, 1.54) is 11.8 Å². The predicted octanol–water partition coefficient (Wildman–Crippen LogP) is 6.77. The number of hydrogen-bond acceptors (Lipinski definition) is 6. The molecule has 33 heavy (non-hydrogen) atoms. The quantitative estimate of drug-likeness (QED) is 0.284. The van der Waals surface area contributed by atoms with Crippen molar-refractivity contribution in [2.75, 3.05) is 5.32 Å². The predicted molar refractivity (Wildman–Crippen MR) is 133 cm³/mol. The SMILES string of the molecule is CC1=C(C(=O)OC(C)C)C(c2ccc(Cl)c(Cl)c2)n2nc(SCc3ccccc3Cl)nc2N1. The van der Waals surface area contributed by atoms with E-state index in [2.05, 4.69) is 10.3 Å². The van der Waals surface area contributed by atoms with Crippen LogP contribution in [-0.2, 0) is 15.3 Å².